The van der Waals surface area contributed by atoms with Gasteiger partial charge in [-0.2, -0.15) is 22.3 Å². The van der Waals surface area contributed by atoms with Crippen LogP contribution in [-0.2, 0) is 16.8 Å². The normalized spacial score (nSPS) is 13.4. The molecule has 0 aromatic heterocycles. The molecule has 1 rings (SSSR count). The van der Waals surface area contributed by atoms with Crippen LogP contribution in [0.25, 0.3) is 0 Å². The Morgan fingerprint density at radius 2 is 1.90 bits per heavy atom. The van der Waals surface area contributed by atoms with Crippen LogP contribution in [0.2, 0.25) is 5.02 Å². The van der Waals surface area contributed by atoms with E-state index in [-0.39, 0.29) is 19.0 Å². The van der Waals surface area contributed by atoms with Crippen LogP contribution in [0.3, 0.4) is 0 Å². The fraction of sp³-hybridized carbons (Fsp3) is 0.500. The van der Waals surface area contributed by atoms with E-state index >= 15 is 0 Å². The molecular weight excluding hydrogens is 310 g/mol. The maximum Gasteiger partial charge on any atom is 0.282 e. The largest absolute Gasteiger partial charge is 0.282 e. The van der Waals surface area contributed by atoms with Gasteiger partial charge in [0.25, 0.3) is 10.2 Å². The van der Waals surface area contributed by atoms with E-state index in [2.05, 4.69) is 6.07 Å². The first-order valence-electron chi connectivity index (χ1n) is 6.66. The summed E-state index contributed by atoms with van der Waals surface area (Å²) in [5.41, 5.74) is 0.856. The van der Waals surface area contributed by atoms with E-state index in [1.54, 1.807) is 38.1 Å². The zero-order chi connectivity index (χ0) is 16.0. The highest BCUT2D eigenvalue weighted by Crippen LogP contribution is 2.15. The lowest BCUT2D eigenvalue weighted by atomic mass is 10.2. The van der Waals surface area contributed by atoms with Crippen molar-refractivity contribution < 1.29 is 8.42 Å². The summed E-state index contributed by atoms with van der Waals surface area (Å²) in [7, 11) is -2.05. The zero-order valence-electron chi connectivity index (χ0n) is 12.5. The van der Waals surface area contributed by atoms with Crippen molar-refractivity contribution in [2.75, 3.05) is 20.1 Å². The van der Waals surface area contributed by atoms with E-state index in [0.29, 0.717) is 11.6 Å². The minimum atomic E-state index is -3.58. The predicted octanol–water partition coefficient (Wildman–Crippen LogP) is 2.50. The molecule has 5 nitrogen and oxygen atoms in total. The van der Waals surface area contributed by atoms with Crippen molar-refractivity contribution in [2.24, 2.45) is 5.92 Å². The maximum atomic E-state index is 12.5. The summed E-state index contributed by atoms with van der Waals surface area (Å²) in [5, 5.41) is 9.46. The fourth-order valence-electron chi connectivity index (χ4n) is 1.86. The first kappa shape index (κ1) is 17.9. The van der Waals surface area contributed by atoms with Crippen molar-refractivity contribution in [2.45, 2.75) is 20.4 Å². The molecule has 0 bridgehead atoms. The Kier molecular flexibility index (Phi) is 6.62. The first-order chi connectivity index (χ1) is 9.81. The van der Waals surface area contributed by atoms with Gasteiger partial charge in [-0.1, -0.05) is 30.7 Å². The second-order valence-corrected chi connectivity index (χ2v) is 7.34. The third-order valence-electron chi connectivity index (χ3n) is 3.09. The molecule has 0 fully saturated rings. The van der Waals surface area contributed by atoms with Gasteiger partial charge in [0, 0.05) is 31.7 Å². The Bertz CT molecular complexity index is 596. The summed E-state index contributed by atoms with van der Waals surface area (Å²) < 4.78 is 27.6. The summed E-state index contributed by atoms with van der Waals surface area (Å²) in [4.78, 5) is 0. The number of nitrogens with zero attached hydrogens (tertiary/aromatic N) is 3. The minimum Gasteiger partial charge on any atom is -0.198 e. The summed E-state index contributed by atoms with van der Waals surface area (Å²) in [6.45, 7) is 4.26. The van der Waals surface area contributed by atoms with Crippen molar-refractivity contribution in [3.8, 4) is 6.07 Å². The van der Waals surface area contributed by atoms with Crippen LogP contribution in [0.15, 0.2) is 24.3 Å². The Labute approximate surface area is 131 Å². The van der Waals surface area contributed by atoms with E-state index in [0.717, 1.165) is 5.56 Å². The van der Waals surface area contributed by atoms with Crippen LogP contribution < -0.4 is 0 Å². The molecule has 21 heavy (non-hydrogen) atoms. The van der Waals surface area contributed by atoms with Crippen LogP contribution in [-0.4, -0.2) is 37.2 Å². The maximum absolute atomic E-state index is 12.5. The second-order valence-electron chi connectivity index (χ2n) is 4.87. The average molecular weight is 330 g/mol. The van der Waals surface area contributed by atoms with E-state index in [1.165, 1.54) is 15.7 Å². The highest BCUT2D eigenvalue weighted by atomic mass is 35.5. The van der Waals surface area contributed by atoms with Gasteiger partial charge in [0.15, 0.2) is 0 Å². The van der Waals surface area contributed by atoms with Gasteiger partial charge in [-0.25, -0.2) is 0 Å². The van der Waals surface area contributed by atoms with Crippen molar-refractivity contribution in [1.29, 1.82) is 5.26 Å². The van der Waals surface area contributed by atoms with E-state index in [1.807, 2.05) is 0 Å². The molecule has 1 atom stereocenters. The zero-order valence-corrected chi connectivity index (χ0v) is 14.0. The first-order valence-corrected chi connectivity index (χ1v) is 8.44. The molecule has 0 spiro atoms. The molecule has 116 valence electrons. The number of nitriles is 1. The smallest absolute Gasteiger partial charge is 0.198 e. The van der Waals surface area contributed by atoms with Crippen molar-refractivity contribution in [3.05, 3.63) is 34.9 Å². The van der Waals surface area contributed by atoms with Crippen molar-refractivity contribution >= 4 is 21.8 Å². The van der Waals surface area contributed by atoms with Gasteiger partial charge in [-0.3, -0.25) is 0 Å². The number of rotatable bonds is 7. The summed E-state index contributed by atoms with van der Waals surface area (Å²) >= 11 is 5.81. The Balaban J connectivity index is 2.84. The number of hydrogen-bond acceptors (Lipinski definition) is 3. The van der Waals surface area contributed by atoms with Gasteiger partial charge in [0.1, 0.15) is 0 Å². The molecule has 0 radical (unpaired) electrons. The van der Waals surface area contributed by atoms with Crippen LogP contribution in [0.1, 0.15) is 19.4 Å². The van der Waals surface area contributed by atoms with Gasteiger partial charge in [-0.15, -0.1) is 0 Å². The highest BCUT2D eigenvalue weighted by Gasteiger charge is 2.27. The Morgan fingerprint density at radius 3 is 2.38 bits per heavy atom. The molecule has 0 aliphatic carbocycles. The molecule has 0 aliphatic heterocycles. The summed E-state index contributed by atoms with van der Waals surface area (Å²) in [5.74, 6) is -0.344. The topological polar surface area (TPSA) is 64.4 Å². The van der Waals surface area contributed by atoms with Gasteiger partial charge < -0.3 is 0 Å². The van der Waals surface area contributed by atoms with Crippen molar-refractivity contribution in [3.63, 3.8) is 0 Å². The highest BCUT2D eigenvalue weighted by molar-refractivity contribution is 7.86. The third-order valence-corrected chi connectivity index (χ3v) is 5.32. The SMILES string of the molecule is CCN(C[C@H](C)C#N)S(=O)(=O)N(C)Cc1ccc(Cl)cc1. The van der Waals surface area contributed by atoms with Gasteiger partial charge in [-0.05, 0) is 24.6 Å². The fourth-order valence-corrected chi connectivity index (χ4v) is 3.43. The lowest BCUT2D eigenvalue weighted by molar-refractivity contribution is 0.350. The van der Waals surface area contributed by atoms with Gasteiger partial charge in [0.05, 0.1) is 12.0 Å². The Hall–Kier alpha value is -1.13. The van der Waals surface area contributed by atoms with E-state index in [9.17, 15) is 8.42 Å². The lowest BCUT2D eigenvalue weighted by Crippen LogP contribution is -2.43. The number of halogens is 1. The molecule has 1 aromatic rings. The summed E-state index contributed by atoms with van der Waals surface area (Å²) in [6, 6.07) is 9.10. The summed E-state index contributed by atoms with van der Waals surface area (Å²) in [6.07, 6.45) is 0. The van der Waals surface area contributed by atoms with Gasteiger partial charge in [0.2, 0.25) is 0 Å². The van der Waals surface area contributed by atoms with Crippen LogP contribution in [0.5, 0.6) is 0 Å². The molecule has 0 saturated heterocycles. The molecule has 0 aliphatic rings. The molecule has 7 heteroatoms. The minimum absolute atomic E-state index is 0.195. The Morgan fingerprint density at radius 1 is 1.33 bits per heavy atom. The molecule has 0 N–H and O–H groups in total. The van der Waals surface area contributed by atoms with E-state index < -0.39 is 10.2 Å². The molecule has 0 amide bonds. The number of benzene rings is 1. The van der Waals surface area contributed by atoms with Gasteiger partial charge >= 0.3 is 0 Å². The lowest BCUT2D eigenvalue weighted by Gasteiger charge is -2.27. The molecular formula is C14H20ClN3O2S. The quantitative estimate of drug-likeness (QED) is 0.772. The average Bonchev–Trinajstić information content (AvgIpc) is 2.46. The van der Waals surface area contributed by atoms with Crippen molar-refractivity contribution in [1.82, 2.24) is 8.61 Å². The molecule has 0 unspecified atom stereocenters. The standard InChI is InChI=1S/C14H20ClN3O2S/c1-4-18(10-12(2)9-16)21(19,20)17(3)11-13-5-7-14(15)8-6-13/h5-8,12H,4,10-11H2,1-3H3/t12-/m1/s1. The number of hydrogen-bond donors (Lipinski definition) is 0. The van der Waals surface area contributed by atoms with Crippen LogP contribution >= 0.6 is 11.6 Å². The van der Waals surface area contributed by atoms with E-state index in [4.69, 9.17) is 16.9 Å². The molecule has 0 heterocycles. The predicted molar refractivity (Wildman–Crippen MR) is 83.9 cm³/mol. The monoisotopic (exact) mass is 329 g/mol. The third kappa shape index (κ3) is 4.97. The second kappa shape index (κ2) is 7.76. The molecule has 1 aromatic carbocycles. The van der Waals surface area contributed by atoms with Crippen LogP contribution in [0, 0.1) is 17.2 Å². The van der Waals surface area contributed by atoms with Crippen LogP contribution in [0.4, 0.5) is 0 Å². The molecule has 0 saturated carbocycles.